The van der Waals surface area contributed by atoms with Crippen LogP contribution in [0.15, 0.2) is 12.2 Å². The summed E-state index contributed by atoms with van der Waals surface area (Å²) in [7, 11) is 1.53. The molecule has 0 amide bonds. The molecule has 2 heterocycles. The third-order valence-corrected chi connectivity index (χ3v) is 3.94. The molecule has 0 aromatic rings. The molecule has 0 aromatic carbocycles. The van der Waals surface area contributed by atoms with Gasteiger partial charge in [-0.3, -0.25) is 0 Å². The maximum atomic E-state index is 12.4. The van der Waals surface area contributed by atoms with Crippen molar-refractivity contribution in [2.24, 2.45) is 0 Å². The second-order valence-electron chi connectivity index (χ2n) is 6.40. The van der Waals surface area contributed by atoms with E-state index >= 15 is 0 Å². The highest BCUT2D eigenvalue weighted by Gasteiger charge is 2.45. The van der Waals surface area contributed by atoms with Gasteiger partial charge in [0.1, 0.15) is 25.1 Å². The summed E-state index contributed by atoms with van der Waals surface area (Å²) in [5, 5.41) is 0. The number of ether oxygens (including phenoxy) is 5. The number of methoxy groups -OCH3 is 1. The highest BCUT2D eigenvalue weighted by atomic mass is 16.8. The molecule has 1 fully saturated rings. The molecule has 2 aliphatic rings. The standard InChI is InChI=1S/C17H28O6/c1-5-8-12-15-13(22-17(2,3)23-15)9-6-7-10-14(16(18)21-12)20-11-19-4/h6,9,12-15H,5,7-8,10-11H2,1-4H3/b9-6+/t12-,13+,14+,15-/m1/s1. The van der Waals surface area contributed by atoms with Crippen LogP contribution in [0.25, 0.3) is 0 Å². The average molecular weight is 328 g/mol. The lowest BCUT2D eigenvalue weighted by molar-refractivity contribution is -0.185. The van der Waals surface area contributed by atoms with Crippen LogP contribution in [-0.2, 0) is 28.5 Å². The molecule has 23 heavy (non-hydrogen) atoms. The maximum absolute atomic E-state index is 12.4. The van der Waals surface area contributed by atoms with Gasteiger partial charge in [0.25, 0.3) is 0 Å². The summed E-state index contributed by atoms with van der Waals surface area (Å²) in [6.07, 6.45) is 5.42. The molecule has 0 unspecified atom stereocenters. The Balaban J connectivity index is 2.17. The third-order valence-electron chi connectivity index (χ3n) is 3.94. The van der Waals surface area contributed by atoms with Crippen LogP contribution in [0.4, 0.5) is 0 Å². The van der Waals surface area contributed by atoms with Gasteiger partial charge in [-0.25, -0.2) is 4.79 Å². The molecule has 6 heteroatoms. The Morgan fingerprint density at radius 2 is 2.13 bits per heavy atom. The lowest BCUT2D eigenvalue weighted by atomic mass is 10.0. The van der Waals surface area contributed by atoms with Crippen molar-refractivity contribution in [2.75, 3.05) is 13.9 Å². The molecule has 2 rings (SSSR count). The number of hydrogen-bond acceptors (Lipinski definition) is 6. The van der Waals surface area contributed by atoms with Crippen LogP contribution >= 0.6 is 0 Å². The predicted molar refractivity (Wildman–Crippen MR) is 83.7 cm³/mol. The molecule has 0 aromatic heterocycles. The van der Waals surface area contributed by atoms with Crippen molar-refractivity contribution in [2.45, 2.75) is 76.7 Å². The largest absolute Gasteiger partial charge is 0.458 e. The minimum atomic E-state index is -0.682. The molecule has 2 aliphatic heterocycles. The van der Waals surface area contributed by atoms with Gasteiger partial charge in [0.15, 0.2) is 11.9 Å². The van der Waals surface area contributed by atoms with E-state index in [-0.39, 0.29) is 31.1 Å². The SMILES string of the molecule is CCC[C@H]1OC(=O)[C@@H](OCOC)CC/C=C/[C@@H]2OC(C)(C)O[C@@H]21. The fraction of sp³-hybridized carbons (Fsp3) is 0.824. The molecule has 1 saturated heterocycles. The highest BCUT2D eigenvalue weighted by Crippen LogP contribution is 2.34. The molecule has 0 saturated carbocycles. The van der Waals surface area contributed by atoms with Crippen LogP contribution in [0.1, 0.15) is 46.5 Å². The van der Waals surface area contributed by atoms with E-state index in [1.807, 2.05) is 26.0 Å². The van der Waals surface area contributed by atoms with Gasteiger partial charge in [-0.2, -0.15) is 0 Å². The first-order valence-corrected chi connectivity index (χ1v) is 8.30. The van der Waals surface area contributed by atoms with Crippen LogP contribution in [0.3, 0.4) is 0 Å². The Morgan fingerprint density at radius 3 is 2.83 bits per heavy atom. The zero-order valence-corrected chi connectivity index (χ0v) is 14.4. The number of rotatable bonds is 5. The zero-order valence-electron chi connectivity index (χ0n) is 14.4. The Hall–Kier alpha value is -0.950. The van der Waals surface area contributed by atoms with Crippen LogP contribution in [-0.4, -0.2) is 50.1 Å². The normalized spacial score (nSPS) is 35.4. The van der Waals surface area contributed by atoms with Gasteiger partial charge in [-0.1, -0.05) is 25.5 Å². The van der Waals surface area contributed by atoms with Crippen LogP contribution in [0.5, 0.6) is 0 Å². The van der Waals surface area contributed by atoms with Crippen LogP contribution in [0.2, 0.25) is 0 Å². The van der Waals surface area contributed by atoms with Crippen LogP contribution in [0, 0.1) is 0 Å². The van der Waals surface area contributed by atoms with Crippen molar-refractivity contribution < 1.29 is 28.5 Å². The van der Waals surface area contributed by atoms with Gasteiger partial charge < -0.3 is 23.7 Å². The Bertz CT molecular complexity index is 419. The third kappa shape index (κ3) is 5.01. The topological polar surface area (TPSA) is 63.2 Å². The minimum absolute atomic E-state index is 0.0701. The van der Waals surface area contributed by atoms with Crippen molar-refractivity contribution >= 4 is 5.97 Å². The van der Waals surface area contributed by atoms with E-state index in [1.54, 1.807) is 0 Å². The first-order chi connectivity index (χ1) is 11.0. The van der Waals surface area contributed by atoms with E-state index in [0.717, 1.165) is 12.8 Å². The summed E-state index contributed by atoms with van der Waals surface area (Å²) in [6.45, 7) is 5.88. The Morgan fingerprint density at radius 1 is 1.35 bits per heavy atom. The van der Waals surface area contributed by atoms with Gasteiger partial charge in [0, 0.05) is 7.11 Å². The summed E-state index contributed by atoms with van der Waals surface area (Å²) in [5.74, 6) is -1.04. The molecule has 0 aliphatic carbocycles. The lowest BCUT2D eigenvalue weighted by Gasteiger charge is -2.28. The first-order valence-electron chi connectivity index (χ1n) is 8.30. The van der Waals surface area contributed by atoms with E-state index in [1.165, 1.54) is 7.11 Å². The summed E-state index contributed by atoms with van der Waals surface area (Å²) >= 11 is 0. The summed E-state index contributed by atoms with van der Waals surface area (Å²) in [4.78, 5) is 12.4. The number of allylic oxidation sites excluding steroid dienone is 1. The van der Waals surface area contributed by atoms with Crippen LogP contribution < -0.4 is 0 Å². The number of carbonyl (C=O) groups is 1. The molecular formula is C17H28O6. The van der Waals surface area contributed by atoms with Gasteiger partial charge in [0.05, 0.1) is 0 Å². The molecule has 4 atom stereocenters. The predicted octanol–water partition coefficient (Wildman–Crippen LogP) is 2.56. The summed E-state index contributed by atoms with van der Waals surface area (Å²) in [6, 6.07) is 0. The van der Waals surface area contributed by atoms with Crippen molar-refractivity contribution in [1.29, 1.82) is 0 Å². The molecular weight excluding hydrogens is 300 g/mol. The minimum Gasteiger partial charge on any atom is -0.458 e. The van der Waals surface area contributed by atoms with Crippen molar-refractivity contribution in [3.63, 3.8) is 0 Å². The van der Waals surface area contributed by atoms with E-state index in [9.17, 15) is 4.79 Å². The second-order valence-corrected chi connectivity index (χ2v) is 6.40. The van der Waals surface area contributed by atoms with Gasteiger partial charge in [-0.05, 0) is 33.1 Å². The van der Waals surface area contributed by atoms with Crippen molar-refractivity contribution in [3.8, 4) is 0 Å². The number of carbonyl (C=O) groups excluding carboxylic acids is 1. The maximum Gasteiger partial charge on any atom is 0.335 e. The van der Waals surface area contributed by atoms with Crippen molar-refractivity contribution in [1.82, 2.24) is 0 Å². The number of hydrogen-bond donors (Lipinski definition) is 0. The van der Waals surface area contributed by atoms with E-state index < -0.39 is 11.9 Å². The van der Waals surface area contributed by atoms with Gasteiger partial charge in [-0.15, -0.1) is 0 Å². The average Bonchev–Trinajstić information content (AvgIpc) is 2.80. The molecule has 0 radical (unpaired) electrons. The number of esters is 1. The summed E-state index contributed by atoms with van der Waals surface area (Å²) < 4.78 is 28.0. The smallest absolute Gasteiger partial charge is 0.335 e. The quantitative estimate of drug-likeness (QED) is 0.439. The molecule has 0 N–H and O–H groups in total. The molecule has 132 valence electrons. The Labute approximate surface area is 138 Å². The second kappa shape index (κ2) is 8.24. The highest BCUT2D eigenvalue weighted by molar-refractivity contribution is 5.75. The molecule has 0 bridgehead atoms. The van der Waals surface area contributed by atoms with Gasteiger partial charge >= 0.3 is 5.97 Å². The fourth-order valence-electron chi connectivity index (χ4n) is 2.95. The lowest BCUT2D eigenvalue weighted by Crippen LogP contribution is -2.41. The fourth-order valence-corrected chi connectivity index (χ4v) is 2.95. The molecule has 0 spiro atoms. The number of cyclic esters (lactones) is 1. The van der Waals surface area contributed by atoms with E-state index in [0.29, 0.717) is 12.8 Å². The number of fused-ring (bicyclic) bond motifs is 1. The monoisotopic (exact) mass is 328 g/mol. The Kier molecular flexibility index (Phi) is 6.59. The first kappa shape index (κ1) is 18.4. The zero-order chi connectivity index (χ0) is 16.9. The van der Waals surface area contributed by atoms with E-state index in [2.05, 4.69) is 6.92 Å². The van der Waals surface area contributed by atoms with E-state index in [4.69, 9.17) is 23.7 Å². The summed E-state index contributed by atoms with van der Waals surface area (Å²) in [5.41, 5.74) is 0. The van der Waals surface area contributed by atoms with Gasteiger partial charge in [0.2, 0.25) is 0 Å². The molecule has 6 nitrogen and oxygen atoms in total. The van der Waals surface area contributed by atoms with Crippen molar-refractivity contribution in [3.05, 3.63) is 12.2 Å².